The molecular formula is C24H29N3O4S3. The lowest BCUT2D eigenvalue weighted by atomic mass is 10.0. The Hall–Kier alpha value is -1.85. The van der Waals surface area contributed by atoms with Gasteiger partial charge >= 0.3 is 0 Å². The number of nitrogens with zero attached hydrogens (tertiary/aromatic N) is 3. The zero-order valence-corrected chi connectivity index (χ0v) is 21.8. The van der Waals surface area contributed by atoms with E-state index in [1.807, 2.05) is 13.0 Å². The molecule has 4 heterocycles. The Bertz CT molecular complexity index is 1280. The summed E-state index contributed by atoms with van der Waals surface area (Å²) in [6, 6.07) is 6.72. The van der Waals surface area contributed by atoms with Crippen molar-refractivity contribution in [3.63, 3.8) is 0 Å². The zero-order valence-electron chi connectivity index (χ0n) is 19.4. The molecular weight excluding hydrogens is 490 g/mol. The van der Waals surface area contributed by atoms with Crippen molar-refractivity contribution >= 4 is 54.0 Å². The minimum absolute atomic E-state index is 0.0651. The summed E-state index contributed by atoms with van der Waals surface area (Å²) in [4.78, 5) is 20.6. The van der Waals surface area contributed by atoms with Crippen LogP contribution in [0.4, 0.5) is 5.13 Å². The van der Waals surface area contributed by atoms with E-state index < -0.39 is 16.1 Å². The number of fused-ring (bicyclic) bond motifs is 1. The average molecular weight is 520 g/mol. The van der Waals surface area contributed by atoms with Gasteiger partial charge in [-0.2, -0.15) is 4.31 Å². The summed E-state index contributed by atoms with van der Waals surface area (Å²) < 4.78 is 35.4. The molecule has 5 rings (SSSR count). The first-order valence-electron chi connectivity index (χ1n) is 11.7. The minimum Gasteiger partial charge on any atom is -0.376 e. The second-order valence-electron chi connectivity index (χ2n) is 8.99. The number of hydrogen-bond acceptors (Lipinski definition) is 7. The van der Waals surface area contributed by atoms with Gasteiger partial charge in [-0.25, -0.2) is 13.4 Å². The van der Waals surface area contributed by atoms with E-state index in [2.05, 4.69) is 13.0 Å². The Kier molecular flexibility index (Phi) is 6.78. The van der Waals surface area contributed by atoms with Gasteiger partial charge in [-0.05, 0) is 68.2 Å². The highest BCUT2D eigenvalue weighted by Gasteiger charge is 2.41. The van der Waals surface area contributed by atoms with Crippen molar-refractivity contribution in [2.24, 2.45) is 0 Å². The van der Waals surface area contributed by atoms with Gasteiger partial charge < -0.3 is 4.74 Å². The molecule has 0 aliphatic carbocycles. The average Bonchev–Trinajstić information content (AvgIpc) is 3.61. The number of benzene rings is 1. The molecule has 3 aromatic rings. The van der Waals surface area contributed by atoms with Gasteiger partial charge in [0, 0.05) is 13.2 Å². The summed E-state index contributed by atoms with van der Waals surface area (Å²) in [5.41, 5.74) is 3.16. The van der Waals surface area contributed by atoms with Crippen molar-refractivity contribution in [1.29, 1.82) is 0 Å². The van der Waals surface area contributed by atoms with Crippen molar-refractivity contribution in [2.75, 3.05) is 24.6 Å². The monoisotopic (exact) mass is 519 g/mol. The summed E-state index contributed by atoms with van der Waals surface area (Å²) >= 11 is 2.67. The summed E-state index contributed by atoms with van der Waals surface area (Å²) in [6.07, 6.45) is 3.86. The van der Waals surface area contributed by atoms with Crippen LogP contribution in [0.2, 0.25) is 0 Å². The van der Waals surface area contributed by atoms with Crippen LogP contribution in [0.1, 0.15) is 43.2 Å². The number of sulfonamides is 1. The number of aryl methyl sites for hydroxylation is 2. The third kappa shape index (κ3) is 4.42. The number of ether oxygens (including phenoxy) is 1. The van der Waals surface area contributed by atoms with Crippen LogP contribution in [-0.2, 0) is 19.6 Å². The minimum atomic E-state index is -3.74. The molecule has 1 aromatic carbocycles. The van der Waals surface area contributed by atoms with E-state index in [-0.39, 0.29) is 16.2 Å². The van der Waals surface area contributed by atoms with Crippen LogP contribution < -0.4 is 4.90 Å². The van der Waals surface area contributed by atoms with Gasteiger partial charge in [-0.1, -0.05) is 29.9 Å². The highest BCUT2D eigenvalue weighted by molar-refractivity contribution is 7.91. The number of piperidine rings is 1. The van der Waals surface area contributed by atoms with Crippen molar-refractivity contribution in [3.8, 4) is 0 Å². The van der Waals surface area contributed by atoms with E-state index in [9.17, 15) is 13.2 Å². The number of thiophene rings is 1. The number of hydrogen-bond donors (Lipinski definition) is 0. The maximum Gasteiger partial charge on any atom is 0.253 e. The van der Waals surface area contributed by atoms with Crippen LogP contribution in [0, 0.1) is 13.8 Å². The molecule has 10 heteroatoms. The maximum absolute atomic E-state index is 14.1. The molecule has 7 nitrogen and oxygen atoms in total. The highest BCUT2D eigenvalue weighted by atomic mass is 32.2. The lowest BCUT2D eigenvalue weighted by Gasteiger charge is -2.36. The first-order valence-corrected chi connectivity index (χ1v) is 14.8. The first-order chi connectivity index (χ1) is 16.4. The molecule has 1 amide bonds. The SMILES string of the molecule is Cc1ccc2sc(N(CC3CCCO3)C(=O)C3CCCCN3S(=O)(=O)c3cccs3)nc2c1C. The molecule has 2 atom stereocenters. The Morgan fingerprint density at radius 2 is 2.06 bits per heavy atom. The lowest BCUT2D eigenvalue weighted by molar-refractivity contribution is -0.123. The van der Waals surface area contributed by atoms with Crippen LogP contribution in [0.3, 0.4) is 0 Å². The standard InChI is InChI=1S/C24H29N3O4S3/c1-16-10-11-20-22(17(16)2)25-24(33-20)26(15-18-7-5-13-31-18)23(28)19-8-3-4-12-27(19)34(29,30)21-9-6-14-32-21/h6,9-11,14,18-19H,3-5,7-8,12-13,15H2,1-2H3. The summed E-state index contributed by atoms with van der Waals surface area (Å²) in [6.45, 7) is 5.53. The molecule has 2 saturated heterocycles. The summed E-state index contributed by atoms with van der Waals surface area (Å²) in [7, 11) is -3.74. The second-order valence-corrected chi connectivity index (χ2v) is 13.1. The lowest BCUT2D eigenvalue weighted by Crippen LogP contribution is -2.54. The third-order valence-corrected chi connectivity index (χ3v) is 11.1. The molecule has 0 spiro atoms. The molecule has 0 radical (unpaired) electrons. The molecule has 182 valence electrons. The number of thiazole rings is 1. The molecule has 34 heavy (non-hydrogen) atoms. The Balaban J connectivity index is 1.52. The normalized spacial score (nSPS) is 21.8. The fourth-order valence-electron chi connectivity index (χ4n) is 4.73. The van der Waals surface area contributed by atoms with Gasteiger partial charge in [0.2, 0.25) is 5.91 Å². The molecule has 0 saturated carbocycles. The quantitative estimate of drug-likeness (QED) is 0.470. The molecule has 2 fully saturated rings. The number of carbonyl (C=O) groups excluding carboxylic acids is 1. The second kappa shape index (κ2) is 9.66. The highest BCUT2D eigenvalue weighted by Crippen LogP contribution is 2.35. The van der Waals surface area contributed by atoms with Crippen molar-refractivity contribution in [1.82, 2.24) is 9.29 Å². The van der Waals surface area contributed by atoms with Gasteiger partial charge in [0.25, 0.3) is 10.0 Å². The summed E-state index contributed by atoms with van der Waals surface area (Å²) in [5, 5.41) is 2.37. The molecule has 0 N–H and O–H groups in total. The molecule has 2 aromatic heterocycles. The van der Waals surface area contributed by atoms with Gasteiger partial charge in [0.1, 0.15) is 10.3 Å². The smallest absolute Gasteiger partial charge is 0.253 e. The predicted octanol–water partition coefficient (Wildman–Crippen LogP) is 4.73. The number of amides is 1. The number of anilines is 1. The van der Waals surface area contributed by atoms with E-state index in [1.54, 1.807) is 22.4 Å². The van der Waals surface area contributed by atoms with Gasteiger partial charge in [-0.15, -0.1) is 11.3 Å². The largest absolute Gasteiger partial charge is 0.376 e. The first kappa shape index (κ1) is 23.9. The molecule has 0 bridgehead atoms. The van der Waals surface area contributed by atoms with E-state index in [0.29, 0.717) is 31.2 Å². The topological polar surface area (TPSA) is 79.8 Å². The number of rotatable bonds is 6. The molecule has 2 unspecified atom stereocenters. The van der Waals surface area contributed by atoms with Crippen molar-refractivity contribution < 1.29 is 17.9 Å². The van der Waals surface area contributed by atoms with Crippen LogP contribution in [-0.4, -0.2) is 55.5 Å². The summed E-state index contributed by atoms with van der Waals surface area (Å²) in [5.74, 6) is -0.205. The van der Waals surface area contributed by atoms with Gasteiger partial charge in [0.05, 0.1) is 22.9 Å². The van der Waals surface area contributed by atoms with Gasteiger partial charge in [0.15, 0.2) is 5.13 Å². The van der Waals surface area contributed by atoms with E-state index in [1.165, 1.54) is 27.0 Å². The zero-order chi connectivity index (χ0) is 23.9. The molecule has 2 aliphatic rings. The fourth-order valence-corrected chi connectivity index (χ4v) is 8.54. The Morgan fingerprint density at radius 3 is 2.79 bits per heavy atom. The predicted molar refractivity (Wildman–Crippen MR) is 136 cm³/mol. The number of aromatic nitrogens is 1. The van der Waals surface area contributed by atoms with Crippen LogP contribution in [0.15, 0.2) is 33.9 Å². The number of carbonyl (C=O) groups is 1. The van der Waals surface area contributed by atoms with E-state index in [0.717, 1.165) is 47.0 Å². The van der Waals surface area contributed by atoms with Crippen LogP contribution >= 0.6 is 22.7 Å². The van der Waals surface area contributed by atoms with Gasteiger partial charge in [-0.3, -0.25) is 9.69 Å². The molecule has 2 aliphatic heterocycles. The van der Waals surface area contributed by atoms with Crippen LogP contribution in [0.25, 0.3) is 10.2 Å². The maximum atomic E-state index is 14.1. The van der Waals surface area contributed by atoms with Crippen LogP contribution in [0.5, 0.6) is 0 Å². The Labute approximate surface area is 208 Å². The van der Waals surface area contributed by atoms with E-state index in [4.69, 9.17) is 9.72 Å². The fraction of sp³-hybridized carbons (Fsp3) is 0.500. The van der Waals surface area contributed by atoms with Crippen molar-refractivity contribution in [2.45, 2.75) is 62.3 Å². The van der Waals surface area contributed by atoms with Crippen molar-refractivity contribution in [3.05, 3.63) is 40.8 Å². The Morgan fingerprint density at radius 1 is 1.21 bits per heavy atom. The third-order valence-electron chi connectivity index (χ3n) is 6.78. The van der Waals surface area contributed by atoms with E-state index >= 15 is 0 Å².